The first kappa shape index (κ1) is 21.4. The van der Waals surface area contributed by atoms with Crippen LogP contribution >= 0.6 is 11.6 Å². The quantitative estimate of drug-likeness (QED) is 0.703. The third-order valence-electron chi connectivity index (χ3n) is 3.95. The number of ether oxygens (including phenoxy) is 4. The number of amides is 1. The Bertz CT molecular complexity index is 874. The number of nitrogens with one attached hydrogen (secondary N) is 1. The number of esters is 1. The molecular weight excluding hydrogens is 386 g/mol. The number of aryl methyl sites for hydroxylation is 2. The Kier molecular flexibility index (Phi) is 7.12. The van der Waals surface area contributed by atoms with E-state index in [1.165, 1.54) is 27.4 Å². The van der Waals surface area contributed by atoms with Crippen LogP contribution in [0.4, 0.5) is 5.69 Å². The molecule has 1 N–H and O–H groups in total. The summed E-state index contributed by atoms with van der Waals surface area (Å²) in [5.74, 6) is -0.435. The van der Waals surface area contributed by atoms with E-state index in [0.717, 1.165) is 11.1 Å². The van der Waals surface area contributed by atoms with Gasteiger partial charge in [-0.25, -0.2) is 4.79 Å². The van der Waals surface area contributed by atoms with Gasteiger partial charge < -0.3 is 24.3 Å². The van der Waals surface area contributed by atoms with E-state index >= 15 is 0 Å². The molecule has 150 valence electrons. The van der Waals surface area contributed by atoms with Gasteiger partial charge in [0.15, 0.2) is 18.1 Å². The number of benzene rings is 2. The molecule has 0 aromatic heterocycles. The Morgan fingerprint density at radius 1 is 1.00 bits per heavy atom. The highest BCUT2D eigenvalue weighted by Crippen LogP contribution is 2.40. The van der Waals surface area contributed by atoms with E-state index in [4.69, 9.17) is 30.5 Å². The second-order valence-electron chi connectivity index (χ2n) is 5.94. The maximum Gasteiger partial charge on any atom is 0.342 e. The summed E-state index contributed by atoms with van der Waals surface area (Å²) in [4.78, 5) is 24.6. The molecule has 0 aliphatic rings. The van der Waals surface area contributed by atoms with Crippen molar-refractivity contribution < 1.29 is 28.5 Å². The van der Waals surface area contributed by atoms with Gasteiger partial charge in [0.1, 0.15) is 5.56 Å². The molecule has 8 heteroatoms. The van der Waals surface area contributed by atoms with Crippen molar-refractivity contribution >= 4 is 29.2 Å². The van der Waals surface area contributed by atoms with Crippen LogP contribution in [0.5, 0.6) is 17.2 Å². The normalized spacial score (nSPS) is 10.2. The molecule has 0 spiro atoms. The first-order valence-corrected chi connectivity index (χ1v) is 8.72. The smallest absolute Gasteiger partial charge is 0.342 e. The van der Waals surface area contributed by atoms with E-state index in [1.807, 2.05) is 19.9 Å². The zero-order valence-electron chi connectivity index (χ0n) is 16.3. The minimum atomic E-state index is -0.736. The highest BCUT2D eigenvalue weighted by molar-refractivity contribution is 6.34. The molecule has 0 saturated heterocycles. The SMILES string of the molecule is COc1ccc(C(=O)OCC(=O)Nc2c(C)cc(C)cc2Cl)c(OC)c1OC. The second kappa shape index (κ2) is 9.32. The molecule has 0 aliphatic carbocycles. The summed E-state index contributed by atoms with van der Waals surface area (Å²) in [6, 6.07) is 6.65. The molecule has 0 radical (unpaired) electrons. The van der Waals surface area contributed by atoms with Crippen LogP contribution in [0, 0.1) is 13.8 Å². The average molecular weight is 408 g/mol. The minimum absolute atomic E-state index is 0.109. The molecule has 0 heterocycles. The fraction of sp³-hybridized carbons (Fsp3) is 0.300. The van der Waals surface area contributed by atoms with Gasteiger partial charge in [-0.1, -0.05) is 17.7 Å². The van der Waals surface area contributed by atoms with E-state index in [1.54, 1.807) is 12.1 Å². The highest BCUT2D eigenvalue weighted by Gasteiger charge is 2.22. The molecule has 28 heavy (non-hydrogen) atoms. The van der Waals surface area contributed by atoms with Crippen LogP contribution in [-0.4, -0.2) is 39.8 Å². The Morgan fingerprint density at radius 3 is 2.25 bits per heavy atom. The summed E-state index contributed by atoms with van der Waals surface area (Å²) in [6.45, 7) is 3.25. The lowest BCUT2D eigenvalue weighted by atomic mass is 10.1. The molecule has 2 rings (SSSR count). The molecule has 0 bridgehead atoms. The molecule has 2 aromatic carbocycles. The van der Waals surface area contributed by atoms with Crippen LogP contribution in [0.1, 0.15) is 21.5 Å². The van der Waals surface area contributed by atoms with Crippen molar-refractivity contribution in [2.45, 2.75) is 13.8 Å². The summed E-state index contributed by atoms with van der Waals surface area (Å²) >= 11 is 6.17. The molecule has 2 aromatic rings. The Morgan fingerprint density at radius 2 is 1.68 bits per heavy atom. The first-order valence-electron chi connectivity index (χ1n) is 8.35. The van der Waals surface area contributed by atoms with Crippen molar-refractivity contribution in [1.29, 1.82) is 0 Å². The number of halogens is 1. The lowest BCUT2D eigenvalue weighted by Gasteiger charge is -2.15. The average Bonchev–Trinajstić information content (AvgIpc) is 2.67. The first-order chi connectivity index (χ1) is 13.3. The Balaban J connectivity index is 2.11. The van der Waals surface area contributed by atoms with E-state index in [2.05, 4.69) is 5.32 Å². The van der Waals surface area contributed by atoms with Crippen LogP contribution in [0.15, 0.2) is 24.3 Å². The molecule has 1 amide bonds. The van der Waals surface area contributed by atoms with Crippen LogP contribution in [-0.2, 0) is 9.53 Å². The van der Waals surface area contributed by atoms with Gasteiger partial charge in [0.2, 0.25) is 5.75 Å². The van der Waals surface area contributed by atoms with Crippen molar-refractivity contribution in [3.05, 3.63) is 46.0 Å². The third kappa shape index (κ3) is 4.67. The van der Waals surface area contributed by atoms with Gasteiger partial charge in [0.25, 0.3) is 5.91 Å². The third-order valence-corrected chi connectivity index (χ3v) is 4.25. The fourth-order valence-electron chi connectivity index (χ4n) is 2.72. The fourth-order valence-corrected chi connectivity index (χ4v) is 3.09. The number of hydrogen-bond acceptors (Lipinski definition) is 6. The summed E-state index contributed by atoms with van der Waals surface area (Å²) in [5, 5.41) is 3.07. The van der Waals surface area contributed by atoms with E-state index < -0.39 is 18.5 Å². The second-order valence-corrected chi connectivity index (χ2v) is 6.35. The van der Waals surface area contributed by atoms with Crippen molar-refractivity contribution in [2.24, 2.45) is 0 Å². The van der Waals surface area contributed by atoms with Gasteiger partial charge in [0.05, 0.1) is 32.0 Å². The van der Waals surface area contributed by atoms with Crippen LogP contribution in [0.3, 0.4) is 0 Å². The largest absolute Gasteiger partial charge is 0.493 e. The van der Waals surface area contributed by atoms with Crippen LogP contribution in [0.25, 0.3) is 0 Å². The van der Waals surface area contributed by atoms with E-state index in [9.17, 15) is 9.59 Å². The van der Waals surface area contributed by atoms with E-state index in [0.29, 0.717) is 16.5 Å². The molecule has 0 fully saturated rings. The number of hydrogen-bond donors (Lipinski definition) is 1. The number of methoxy groups -OCH3 is 3. The number of rotatable bonds is 7. The lowest BCUT2D eigenvalue weighted by molar-refractivity contribution is -0.119. The topological polar surface area (TPSA) is 83.1 Å². The van der Waals surface area contributed by atoms with Gasteiger partial charge in [-0.2, -0.15) is 0 Å². The summed E-state index contributed by atoms with van der Waals surface area (Å²) in [5.41, 5.74) is 2.38. The maximum atomic E-state index is 12.4. The van der Waals surface area contributed by atoms with Crippen molar-refractivity contribution in [3.63, 3.8) is 0 Å². The van der Waals surface area contributed by atoms with E-state index in [-0.39, 0.29) is 17.1 Å². The maximum absolute atomic E-state index is 12.4. The standard InChI is InChI=1S/C20H22ClNO6/c1-11-8-12(2)17(14(21)9-11)22-16(23)10-28-20(24)13-6-7-15(25-3)19(27-5)18(13)26-4/h6-9H,10H2,1-5H3,(H,22,23). The monoisotopic (exact) mass is 407 g/mol. The predicted molar refractivity (Wildman–Crippen MR) is 106 cm³/mol. The number of carbonyl (C=O) groups is 2. The molecule has 0 atom stereocenters. The lowest BCUT2D eigenvalue weighted by Crippen LogP contribution is -2.22. The minimum Gasteiger partial charge on any atom is -0.493 e. The van der Waals surface area contributed by atoms with Gasteiger partial charge in [-0.3, -0.25) is 4.79 Å². The van der Waals surface area contributed by atoms with Crippen molar-refractivity contribution in [3.8, 4) is 17.2 Å². The predicted octanol–water partition coefficient (Wildman–Crippen LogP) is 3.78. The zero-order chi connectivity index (χ0) is 20.8. The summed E-state index contributed by atoms with van der Waals surface area (Å²) in [7, 11) is 4.29. The number of anilines is 1. The number of carbonyl (C=O) groups excluding carboxylic acids is 2. The Labute approximate surface area is 168 Å². The molecule has 7 nitrogen and oxygen atoms in total. The van der Waals surface area contributed by atoms with Crippen molar-refractivity contribution in [1.82, 2.24) is 0 Å². The van der Waals surface area contributed by atoms with Gasteiger partial charge >= 0.3 is 5.97 Å². The van der Waals surface area contributed by atoms with Crippen molar-refractivity contribution in [2.75, 3.05) is 33.3 Å². The Hall–Kier alpha value is -2.93. The van der Waals surface area contributed by atoms with Gasteiger partial charge in [0, 0.05) is 0 Å². The molecule has 0 aliphatic heterocycles. The van der Waals surface area contributed by atoms with Gasteiger partial charge in [-0.05, 0) is 43.2 Å². The van der Waals surface area contributed by atoms with Crippen LogP contribution < -0.4 is 19.5 Å². The van der Waals surface area contributed by atoms with Gasteiger partial charge in [-0.15, -0.1) is 0 Å². The summed E-state index contributed by atoms with van der Waals surface area (Å²) in [6.07, 6.45) is 0. The molecule has 0 saturated carbocycles. The zero-order valence-corrected chi connectivity index (χ0v) is 17.1. The summed E-state index contributed by atoms with van der Waals surface area (Å²) < 4.78 is 20.8. The molecule has 0 unspecified atom stereocenters. The highest BCUT2D eigenvalue weighted by atomic mass is 35.5. The van der Waals surface area contributed by atoms with Crippen LogP contribution in [0.2, 0.25) is 5.02 Å². The molecular formula is C20H22ClNO6.